The second kappa shape index (κ2) is 10.6. The van der Waals surface area contributed by atoms with Gasteiger partial charge in [-0.25, -0.2) is 10.0 Å². The largest absolute Gasteiger partial charge is 0.481 e. The number of carboxylic acids is 1. The van der Waals surface area contributed by atoms with Crippen molar-refractivity contribution in [3.63, 3.8) is 0 Å². The molecule has 1 aliphatic rings. The minimum Gasteiger partial charge on any atom is -0.481 e. The molecule has 4 amide bonds. The van der Waals surface area contributed by atoms with Gasteiger partial charge in [0.2, 0.25) is 11.8 Å². The van der Waals surface area contributed by atoms with Crippen molar-refractivity contribution in [1.82, 2.24) is 10.3 Å². The SMILES string of the molecule is CC(=O)N1C[C@H](NC(=O)c2ccccc2)C(=O)N(N(C(C)=O)[C@H](C=O)CC(=O)O)c2ccccc21. The molecule has 0 spiro atoms. The fourth-order valence-electron chi connectivity index (χ4n) is 3.85. The Hall–Kier alpha value is -4.54. The van der Waals surface area contributed by atoms with Crippen molar-refractivity contribution in [2.75, 3.05) is 16.5 Å². The second-order valence-electron chi connectivity index (χ2n) is 7.83. The normalized spacial score (nSPS) is 15.9. The third kappa shape index (κ3) is 5.35. The molecule has 0 unspecified atom stereocenters. The van der Waals surface area contributed by atoms with Crippen molar-refractivity contribution < 1.29 is 33.9 Å². The van der Waals surface area contributed by atoms with Crippen molar-refractivity contribution in [3.8, 4) is 0 Å². The highest BCUT2D eigenvalue weighted by Gasteiger charge is 2.42. The first-order chi connectivity index (χ1) is 16.6. The summed E-state index contributed by atoms with van der Waals surface area (Å²) in [6, 6.07) is 11.4. The van der Waals surface area contributed by atoms with E-state index >= 15 is 0 Å². The van der Waals surface area contributed by atoms with Crippen molar-refractivity contribution in [3.05, 3.63) is 60.2 Å². The van der Waals surface area contributed by atoms with E-state index in [1.54, 1.807) is 48.5 Å². The molecule has 1 heterocycles. The van der Waals surface area contributed by atoms with Gasteiger partial charge >= 0.3 is 5.97 Å². The lowest BCUT2D eigenvalue weighted by atomic mass is 10.1. The van der Waals surface area contributed by atoms with E-state index in [0.717, 1.165) is 16.9 Å². The van der Waals surface area contributed by atoms with Crippen molar-refractivity contribution in [1.29, 1.82) is 0 Å². The number of benzene rings is 2. The molecule has 2 aromatic carbocycles. The van der Waals surface area contributed by atoms with Crippen LogP contribution < -0.4 is 15.2 Å². The number of para-hydroxylation sites is 2. The average Bonchev–Trinajstić information content (AvgIpc) is 2.94. The number of hydrazine groups is 1. The van der Waals surface area contributed by atoms with Gasteiger partial charge in [0.25, 0.3) is 11.8 Å². The van der Waals surface area contributed by atoms with Gasteiger partial charge in [-0.15, -0.1) is 0 Å². The Labute approximate surface area is 200 Å². The summed E-state index contributed by atoms with van der Waals surface area (Å²) in [7, 11) is 0. The van der Waals surface area contributed by atoms with Gasteiger partial charge in [-0.1, -0.05) is 30.3 Å². The van der Waals surface area contributed by atoms with Crippen LogP contribution in [-0.4, -0.2) is 64.6 Å². The molecular weight excluding hydrogens is 456 g/mol. The molecule has 2 N–H and O–H groups in total. The maximum atomic E-state index is 13.8. The molecule has 0 radical (unpaired) electrons. The Kier molecular flexibility index (Phi) is 7.59. The highest BCUT2D eigenvalue weighted by Crippen LogP contribution is 2.35. The average molecular weight is 480 g/mol. The van der Waals surface area contributed by atoms with Crippen LogP contribution in [0.3, 0.4) is 0 Å². The Morgan fingerprint density at radius 2 is 1.66 bits per heavy atom. The van der Waals surface area contributed by atoms with E-state index in [9.17, 15) is 33.9 Å². The summed E-state index contributed by atoms with van der Waals surface area (Å²) >= 11 is 0. The highest BCUT2D eigenvalue weighted by atomic mass is 16.4. The third-order valence-electron chi connectivity index (χ3n) is 5.39. The minimum atomic E-state index is -1.52. The number of fused-ring (bicyclic) bond motifs is 1. The van der Waals surface area contributed by atoms with Gasteiger partial charge in [-0.05, 0) is 24.3 Å². The number of amides is 4. The number of carbonyl (C=O) groups is 6. The zero-order valence-electron chi connectivity index (χ0n) is 19.1. The zero-order chi connectivity index (χ0) is 25.7. The predicted octanol–water partition coefficient (Wildman–Crippen LogP) is 0.990. The first-order valence-electron chi connectivity index (χ1n) is 10.7. The van der Waals surface area contributed by atoms with E-state index in [2.05, 4.69) is 5.32 Å². The van der Waals surface area contributed by atoms with Gasteiger partial charge in [0.05, 0.1) is 24.3 Å². The number of carbonyl (C=O) groups excluding carboxylic acids is 5. The van der Waals surface area contributed by atoms with Crippen LogP contribution in [-0.2, 0) is 24.0 Å². The Morgan fingerprint density at radius 3 is 2.20 bits per heavy atom. The summed E-state index contributed by atoms with van der Waals surface area (Å²) in [6.07, 6.45) is -0.497. The molecule has 1 aliphatic heterocycles. The number of rotatable bonds is 7. The van der Waals surface area contributed by atoms with Gasteiger partial charge in [-0.2, -0.15) is 0 Å². The number of aldehydes is 1. The first kappa shape index (κ1) is 25.1. The lowest BCUT2D eigenvalue weighted by Gasteiger charge is -2.38. The topological polar surface area (TPSA) is 144 Å². The molecule has 11 heteroatoms. The number of anilines is 2. The number of aliphatic carboxylic acids is 1. The molecule has 2 aromatic rings. The summed E-state index contributed by atoms with van der Waals surface area (Å²) in [5.41, 5.74) is 0.593. The van der Waals surface area contributed by atoms with Crippen LogP contribution in [0, 0.1) is 0 Å². The summed E-state index contributed by atoms with van der Waals surface area (Å²) < 4.78 is 0. The summed E-state index contributed by atoms with van der Waals surface area (Å²) in [4.78, 5) is 76.4. The van der Waals surface area contributed by atoms with Crippen molar-refractivity contribution >= 4 is 47.3 Å². The van der Waals surface area contributed by atoms with Crippen LogP contribution in [0.1, 0.15) is 30.6 Å². The van der Waals surface area contributed by atoms with Crippen LogP contribution >= 0.6 is 0 Å². The zero-order valence-corrected chi connectivity index (χ0v) is 19.1. The molecule has 0 saturated heterocycles. The lowest BCUT2D eigenvalue weighted by Crippen LogP contribution is -2.60. The fourth-order valence-corrected chi connectivity index (χ4v) is 3.85. The Morgan fingerprint density at radius 1 is 1.06 bits per heavy atom. The summed E-state index contributed by atoms with van der Waals surface area (Å²) in [6.45, 7) is 2.12. The monoisotopic (exact) mass is 480 g/mol. The van der Waals surface area contributed by atoms with Crippen LogP contribution in [0.4, 0.5) is 11.4 Å². The molecule has 182 valence electrons. The number of hydrogen-bond acceptors (Lipinski definition) is 6. The van der Waals surface area contributed by atoms with Crippen LogP contribution in [0.2, 0.25) is 0 Å². The van der Waals surface area contributed by atoms with Gasteiger partial charge < -0.3 is 20.1 Å². The van der Waals surface area contributed by atoms with E-state index in [0.29, 0.717) is 0 Å². The van der Waals surface area contributed by atoms with Crippen LogP contribution in [0.5, 0.6) is 0 Å². The van der Waals surface area contributed by atoms with Crippen molar-refractivity contribution in [2.24, 2.45) is 0 Å². The first-order valence-corrected chi connectivity index (χ1v) is 10.7. The quantitative estimate of drug-likeness (QED) is 0.562. The van der Waals surface area contributed by atoms with E-state index in [-0.39, 0.29) is 29.8 Å². The minimum absolute atomic E-state index is 0.0802. The molecule has 0 aliphatic carbocycles. The van der Waals surface area contributed by atoms with Crippen LogP contribution in [0.25, 0.3) is 0 Å². The van der Waals surface area contributed by atoms with Gasteiger partial charge in [0.1, 0.15) is 18.4 Å². The molecule has 0 bridgehead atoms. The maximum Gasteiger partial charge on any atom is 0.305 e. The summed E-state index contributed by atoms with van der Waals surface area (Å²) in [5.74, 6) is -3.99. The Bertz CT molecular complexity index is 1170. The second-order valence-corrected chi connectivity index (χ2v) is 7.83. The molecule has 0 fully saturated rings. The number of nitrogens with zero attached hydrogens (tertiary/aromatic N) is 3. The number of hydrogen-bond donors (Lipinski definition) is 2. The van der Waals surface area contributed by atoms with E-state index in [1.165, 1.54) is 17.9 Å². The molecule has 3 rings (SSSR count). The Balaban J connectivity index is 2.15. The van der Waals surface area contributed by atoms with Gasteiger partial charge in [0, 0.05) is 19.4 Å². The smallest absolute Gasteiger partial charge is 0.305 e. The highest BCUT2D eigenvalue weighted by molar-refractivity contribution is 6.09. The van der Waals surface area contributed by atoms with Crippen LogP contribution in [0.15, 0.2) is 54.6 Å². The van der Waals surface area contributed by atoms with Crippen molar-refractivity contribution in [2.45, 2.75) is 32.4 Å². The molecule has 0 aromatic heterocycles. The summed E-state index contributed by atoms with van der Waals surface area (Å²) in [5, 5.41) is 13.5. The predicted molar refractivity (Wildman–Crippen MR) is 124 cm³/mol. The van der Waals surface area contributed by atoms with E-state index in [4.69, 9.17) is 0 Å². The third-order valence-corrected chi connectivity index (χ3v) is 5.39. The molecule has 2 atom stereocenters. The molecule has 11 nitrogen and oxygen atoms in total. The number of nitrogens with one attached hydrogen (secondary N) is 1. The molecular formula is C24H24N4O7. The molecule has 0 saturated carbocycles. The van der Waals surface area contributed by atoms with Gasteiger partial charge in [-0.3, -0.25) is 24.0 Å². The molecule has 35 heavy (non-hydrogen) atoms. The van der Waals surface area contributed by atoms with E-state index in [1.807, 2.05) is 0 Å². The number of carboxylic acid groups (broad SMARTS) is 1. The lowest BCUT2D eigenvalue weighted by molar-refractivity contribution is -0.145. The maximum absolute atomic E-state index is 13.8. The van der Waals surface area contributed by atoms with Gasteiger partial charge in [0.15, 0.2) is 0 Å². The van der Waals surface area contributed by atoms with E-state index < -0.39 is 48.1 Å². The standard InChI is InChI=1S/C24H24N4O7/c1-15(30)26-13-19(25-23(34)17-8-4-3-5-9-17)24(35)28(21-11-7-6-10-20(21)26)27(16(2)31)18(14-29)12-22(32)33/h3-11,14,18-19H,12-13H2,1-2H3,(H,25,34)(H,32,33)/t18-,19-/m0/s1. The fraction of sp³-hybridized carbons (Fsp3) is 0.250.